The molecule has 0 aliphatic rings. The van der Waals surface area contributed by atoms with E-state index in [0.717, 1.165) is 22.4 Å². The fourth-order valence-corrected chi connectivity index (χ4v) is 3.24. The van der Waals surface area contributed by atoms with Gasteiger partial charge in [0.1, 0.15) is 11.4 Å². The second-order valence-corrected chi connectivity index (χ2v) is 8.15. The van der Waals surface area contributed by atoms with Crippen molar-refractivity contribution in [2.75, 3.05) is 5.32 Å². The number of anilines is 2. The van der Waals surface area contributed by atoms with Gasteiger partial charge in [0.05, 0.1) is 0 Å². The zero-order valence-electron chi connectivity index (χ0n) is 17.6. The summed E-state index contributed by atoms with van der Waals surface area (Å²) in [6.45, 7) is 8.53. The number of hydrogen-bond acceptors (Lipinski definition) is 5. The normalized spacial score (nSPS) is 11.3. The SMILES string of the molecule is Cc1ccccc1-c1nc(Nc2cccnc2Oc2ccccc2C(C)(C)C)n[nH]1. The predicted molar refractivity (Wildman–Crippen MR) is 119 cm³/mol. The minimum Gasteiger partial charge on any atom is -0.437 e. The number of nitrogens with zero attached hydrogens (tertiary/aromatic N) is 3. The summed E-state index contributed by atoms with van der Waals surface area (Å²) < 4.78 is 6.21. The van der Waals surface area contributed by atoms with Crippen LogP contribution in [-0.2, 0) is 5.41 Å². The van der Waals surface area contributed by atoms with Crippen molar-refractivity contribution in [3.8, 4) is 23.0 Å². The van der Waals surface area contributed by atoms with Crippen molar-refractivity contribution in [2.24, 2.45) is 0 Å². The number of aromatic nitrogens is 4. The molecule has 152 valence electrons. The van der Waals surface area contributed by atoms with E-state index >= 15 is 0 Å². The van der Waals surface area contributed by atoms with Gasteiger partial charge in [0.25, 0.3) is 0 Å². The summed E-state index contributed by atoms with van der Waals surface area (Å²) in [6, 6.07) is 19.8. The van der Waals surface area contributed by atoms with E-state index in [1.54, 1.807) is 6.20 Å². The Morgan fingerprint density at radius 2 is 1.70 bits per heavy atom. The maximum atomic E-state index is 6.21. The molecule has 0 bridgehead atoms. The molecule has 2 aromatic heterocycles. The zero-order valence-corrected chi connectivity index (χ0v) is 17.6. The molecule has 4 aromatic rings. The van der Waals surface area contributed by atoms with Crippen LogP contribution in [0, 0.1) is 6.92 Å². The number of benzene rings is 2. The summed E-state index contributed by atoms with van der Waals surface area (Å²) in [5.41, 5.74) is 3.90. The van der Waals surface area contributed by atoms with E-state index in [-0.39, 0.29) is 5.41 Å². The summed E-state index contributed by atoms with van der Waals surface area (Å²) in [5, 5.41) is 10.5. The van der Waals surface area contributed by atoms with Crippen LogP contribution in [0.15, 0.2) is 66.9 Å². The third kappa shape index (κ3) is 4.17. The minimum atomic E-state index is -0.0504. The third-order valence-electron chi connectivity index (χ3n) is 4.80. The Labute approximate surface area is 176 Å². The van der Waals surface area contributed by atoms with Gasteiger partial charge in [-0.15, -0.1) is 5.10 Å². The molecule has 2 N–H and O–H groups in total. The van der Waals surface area contributed by atoms with Gasteiger partial charge in [-0.05, 0) is 36.1 Å². The molecule has 2 heterocycles. The summed E-state index contributed by atoms with van der Waals surface area (Å²) >= 11 is 0. The van der Waals surface area contributed by atoms with E-state index in [1.807, 2.05) is 61.5 Å². The van der Waals surface area contributed by atoms with Crippen LogP contribution in [-0.4, -0.2) is 20.2 Å². The first-order valence-corrected chi connectivity index (χ1v) is 9.89. The number of aryl methyl sites for hydroxylation is 1. The Kier molecular flexibility index (Phi) is 5.23. The highest BCUT2D eigenvalue weighted by molar-refractivity contribution is 5.64. The van der Waals surface area contributed by atoms with Gasteiger partial charge in [0.2, 0.25) is 11.8 Å². The third-order valence-corrected chi connectivity index (χ3v) is 4.80. The van der Waals surface area contributed by atoms with Gasteiger partial charge < -0.3 is 10.1 Å². The highest BCUT2D eigenvalue weighted by atomic mass is 16.5. The molecule has 2 aromatic carbocycles. The van der Waals surface area contributed by atoms with Crippen LogP contribution in [0.4, 0.5) is 11.6 Å². The van der Waals surface area contributed by atoms with E-state index in [2.05, 4.69) is 52.3 Å². The second kappa shape index (κ2) is 7.99. The van der Waals surface area contributed by atoms with Gasteiger partial charge in [0, 0.05) is 17.3 Å². The molecule has 0 aliphatic carbocycles. The lowest BCUT2D eigenvalue weighted by atomic mass is 9.86. The molecule has 0 saturated carbocycles. The molecule has 0 atom stereocenters. The highest BCUT2D eigenvalue weighted by Crippen LogP contribution is 2.36. The molecule has 0 aliphatic heterocycles. The molecule has 30 heavy (non-hydrogen) atoms. The summed E-state index contributed by atoms with van der Waals surface area (Å²) in [5.74, 6) is 2.41. The zero-order chi connectivity index (χ0) is 21.1. The molecule has 0 fully saturated rings. The van der Waals surface area contributed by atoms with Gasteiger partial charge in [0.15, 0.2) is 5.82 Å². The quantitative estimate of drug-likeness (QED) is 0.430. The second-order valence-electron chi connectivity index (χ2n) is 8.15. The lowest BCUT2D eigenvalue weighted by molar-refractivity contribution is 0.442. The number of pyridine rings is 1. The first-order chi connectivity index (χ1) is 14.4. The maximum absolute atomic E-state index is 6.21. The molecular weight excluding hydrogens is 374 g/mol. The fraction of sp³-hybridized carbons (Fsp3) is 0.208. The van der Waals surface area contributed by atoms with Gasteiger partial charge >= 0.3 is 0 Å². The van der Waals surface area contributed by atoms with Crippen molar-refractivity contribution in [3.05, 3.63) is 78.0 Å². The van der Waals surface area contributed by atoms with Crippen LogP contribution in [0.25, 0.3) is 11.4 Å². The van der Waals surface area contributed by atoms with Crippen molar-refractivity contribution in [1.29, 1.82) is 0 Å². The van der Waals surface area contributed by atoms with Crippen LogP contribution in [0.5, 0.6) is 11.6 Å². The lowest BCUT2D eigenvalue weighted by Crippen LogP contribution is -2.12. The number of H-pyrrole nitrogens is 1. The summed E-state index contributed by atoms with van der Waals surface area (Å²) in [7, 11) is 0. The van der Waals surface area contributed by atoms with Crippen LogP contribution in [0.3, 0.4) is 0 Å². The van der Waals surface area contributed by atoms with Gasteiger partial charge in [-0.1, -0.05) is 63.2 Å². The first kappa shape index (κ1) is 19.6. The number of nitrogens with one attached hydrogen (secondary N) is 2. The highest BCUT2D eigenvalue weighted by Gasteiger charge is 2.20. The summed E-state index contributed by atoms with van der Waals surface area (Å²) in [6.07, 6.45) is 1.71. The van der Waals surface area contributed by atoms with E-state index in [9.17, 15) is 0 Å². The smallest absolute Gasteiger partial charge is 0.246 e. The Bertz CT molecular complexity index is 1160. The number of aromatic amines is 1. The maximum Gasteiger partial charge on any atom is 0.246 e. The average Bonchev–Trinajstić information content (AvgIpc) is 3.18. The topological polar surface area (TPSA) is 75.7 Å². The molecule has 0 radical (unpaired) electrons. The standard InChI is InChI=1S/C24H25N5O/c1-16-10-5-6-11-17(16)21-27-23(29-28-21)26-19-13-9-15-25-22(19)30-20-14-8-7-12-18(20)24(2,3)4/h5-15H,1-4H3,(H2,26,27,28,29). The van der Waals surface area contributed by atoms with Crippen LogP contribution < -0.4 is 10.1 Å². The number of ether oxygens (including phenoxy) is 1. The van der Waals surface area contributed by atoms with Crippen molar-refractivity contribution < 1.29 is 4.74 Å². The van der Waals surface area contributed by atoms with E-state index in [0.29, 0.717) is 23.3 Å². The summed E-state index contributed by atoms with van der Waals surface area (Å²) in [4.78, 5) is 9.00. The van der Waals surface area contributed by atoms with E-state index in [1.165, 1.54) is 0 Å². The lowest BCUT2D eigenvalue weighted by Gasteiger charge is -2.22. The van der Waals surface area contributed by atoms with Gasteiger partial charge in [-0.3, -0.25) is 5.10 Å². The first-order valence-electron chi connectivity index (χ1n) is 9.89. The minimum absolute atomic E-state index is 0.0504. The van der Waals surface area contributed by atoms with E-state index < -0.39 is 0 Å². The van der Waals surface area contributed by atoms with Crippen LogP contribution in [0.1, 0.15) is 31.9 Å². The molecule has 0 amide bonds. The van der Waals surface area contributed by atoms with Crippen molar-refractivity contribution in [3.63, 3.8) is 0 Å². The van der Waals surface area contributed by atoms with Gasteiger partial charge in [-0.25, -0.2) is 4.98 Å². The number of rotatable bonds is 5. The number of hydrogen-bond donors (Lipinski definition) is 2. The van der Waals surface area contributed by atoms with E-state index in [4.69, 9.17) is 4.74 Å². The molecule has 0 saturated heterocycles. The molecule has 6 nitrogen and oxygen atoms in total. The Hall–Kier alpha value is -3.67. The molecule has 0 unspecified atom stereocenters. The van der Waals surface area contributed by atoms with Crippen LogP contribution >= 0.6 is 0 Å². The van der Waals surface area contributed by atoms with Crippen molar-refractivity contribution >= 4 is 11.6 Å². The molecule has 4 rings (SSSR count). The Morgan fingerprint density at radius 3 is 2.50 bits per heavy atom. The van der Waals surface area contributed by atoms with Crippen LogP contribution in [0.2, 0.25) is 0 Å². The Morgan fingerprint density at radius 1 is 0.933 bits per heavy atom. The monoisotopic (exact) mass is 399 g/mol. The molecular formula is C24H25N5O. The van der Waals surface area contributed by atoms with Crippen molar-refractivity contribution in [1.82, 2.24) is 20.2 Å². The van der Waals surface area contributed by atoms with Crippen molar-refractivity contribution in [2.45, 2.75) is 33.1 Å². The number of para-hydroxylation sites is 1. The average molecular weight is 399 g/mol. The Balaban J connectivity index is 1.61. The van der Waals surface area contributed by atoms with Gasteiger partial charge in [-0.2, -0.15) is 4.98 Å². The molecule has 0 spiro atoms. The predicted octanol–water partition coefficient (Wildman–Crippen LogP) is 6.01. The molecule has 6 heteroatoms. The largest absolute Gasteiger partial charge is 0.437 e. The fourth-order valence-electron chi connectivity index (χ4n) is 3.24.